The fourth-order valence-corrected chi connectivity index (χ4v) is 2.91. The van der Waals surface area contributed by atoms with Crippen molar-refractivity contribution < 1.29 is 4.43 Å². The second-order valence-corrected chi connectivity index (χ2v) is 11.3. The number of aliphatic imine (C=N–C) groups is 1. The number of hydrogen-bond donors (Lipinski definition) is 0. The summed E-state index contributed by atoms with van der Waals surface area (Å²) in [4.78, 5) is 4.48. The van der Waals surface area contributed by atoms with Crippen LogP contribution < -0.4 is 0 Å². The second kappa shape index (κ2) is 6.48. The van der Waals surface area contributed by atoms with Crippen molar-refractivity contribution in [2.75, 3.05) is 0 Å². The Morgan fingerprint density at radius 3 is 2.32 bits per heavy atom. The Kier molecular flexibility index (Phi) is 5.50. The third-order valence-corrected chi connectivity index (χ3v) is 8.29. The molecule has 0 bridgehead atoms. The van der Waals surface area contributed by atoms with E-state index in [1.807, 2.05) is 24.4 Å². The molecular formula is C16H27NOSi. The molecule has 1 aromatic carbocycles. The number of benzene rings is 1. The molecule has 2 nitrogen and oxygen atoms in total. The first kappa shape index (κ1) is 16.1. The Bertz CT molecular complexity index is 407. The summed E-state index contributed by atoms with van der Waals surface area (Å²) in [5, 5.41) is 0.245. The predicted octanol–water partition coefficient (Wildman–Crippen LogP) is 4.67. The topological polar surface area (TPSA) is 21.6 Å². The smallest absolute Gasteiger partial charge is 0.192 e. The molecule has 0 radical (unpaired) electrons. The highest BCUT2D eigenvalue weighted by atomic mass is 28.4. The molecule has 19 heavy (non-hydrogen) atoms. The van der Waals surface area contributed by atoms with E-state index in [0.717, 1.165) is 6.54 Å². The van der Waals surface area contributed by atoms with Crippen LogP contribution in [0.5, 0.6) is 0 Å². The van der Waals surface area contributed by atoms with Crippen LogP contribution in [0.25, 0.3) is 0 Å². The van der Waals surface area contributed by atoms with E-state index in [1.165, 1.54) is 5.56 Å². The molecule has 0 spiro atoms. The highest BCUT2D eigenvalue weighted by Crippen LogP contribution is 2.37. The van der Waals surface area contributed by atoms with Crippen molar-refractivity contribution in [2.24, 2.45) is 4.99 Å². The van der Waals surface area contributed by atoms with Crippen molar-refractivity contribution in [3.8, 4) is 0 Å². The highest BCUT2D eigenvalue weighted by molar-refractivity contribution is 6.74. The summed E-state index contributed by atoms with van der Waals surface area (Å²) in [6.07, 6.45) is 2.03. The average molecular weight is 277 g/mol. The number of hydrogen-bond acceptors (Lipinski definition) is 2. The molecule has 0 aromatic heterocycles. The van der Waals surface area contributed by atoms with Gasteiger partial charge in [0.25, 0.3) is 0 Å². The summed E-state index contributed by atoms with van der Waals surface area (Å²) >= 11 is 0. The maximum atomic E-state index is 6.23. The lowest BCUT2D eigenvalue weighted by atomic mass is 10.2. The van der Waals surface area contributed by atoms with Gasteiger partial charge in [-0.05, 0) is 30.6 Å². The minimum atomic E-state index is -1.69. The van der Waals surface area contributed by atoms with Gasteiger partial charge in [-0.15, -0.1) is 0 Å². The van der Waals surface area contributed by atoms with Gasteiger partial charge in [0.15, 0.2) is 8.32 Å². The van der Waals surface area contributed by atoms with E-state index in [2.05, 4.69) is 57.9 Å². The van der Waals surface area contributed by atoms with Crippen LogP contribution in [-0.2, 0) is 11.0 Å². The molecular weight excluding hydrogens is 250 g/mol. The van der Waals surface area contributed by atoms with Crippen molar-refractivity contribution in [1.82, 2.24) is 0 Å². The van der Waals surface area contributed by atoms with Gasteiger partial charge in [0.2, 0.25) is 0 Å². The van der Waals surface area contributed by atoms with Crippen LogP contribution in [0.1, 0.15) is 33.3 Å². The molecule has 0 aliphatic carbocycles. The standard InChI is InChI=1S/C16H27NOSi/c1-14(18-19(5,6)16(2,3)4)12-17-13-15-10-8-7-9-11-15/h7-12,14H,13H2,1-6H3/t14-/m0/s1. The molecule has 0 saturated heterocycles. The summed E-state index contributed by atoms with van der Waals surface area (Å²) in [5.41, 5.74) is 1.23. The van der Waals surface area contributed by atoms with E-state index < -0.39 is 8.32 Å². The van der Waals surface area contributed by atoms with Gasteiger partial charge in [-0.3, -0.25) is 4.99 Å². The van der Waals surface area contributed by atoms with Crippen molar-refractivity contribution in [1.29, 1.82) is 0 Å². The lowest BCUT2D eigenvalue weighted by Gasteiger charge is -2.37. The van der Waals surface area contributed by atoms with E-state index in [0.29, 0.717) is 0 Å². The molecule has 106 valence electrons. The quantitative estimate of drug-likeness (QED) is 0.566. The number of rotatable bonds is 5. The van der Waals surface area contributed by atoms with Crippen molar-refractivity contribution in [2.45, 2.75) is 58.5 Å². The normalized spacial score (nSPS) is 14.8. The zero-order valence-corrected chi connectivity index (χ0v) is 14.1. The highest BCUT2D eigenvalue weighted by Gasteiger charge is 2.38. The summed E-state index contributed by atoms with van der Waals surface area (Å²) < 4.78 is 6.23. The van der Waals surface area contributed by atoms with Gasteiger partial charge in [-0.25, -0.2) is 0 Å². The minimum Gasteiger partial charge on any atom is -0.409 e. The Hall–Kier alpha value is -0.933. The zero-order valence-electron chi connectivity index (χ0n) is 13.1. The van der Waals surface area contributed by atoms with E-state index in [4.69, 9.17) is 4.43 Å². The monoisotopic (exact) mass is 277 g/mol. The first-order chi connectivity index (χ1) is 8.72. The Balaban J connectivity index is 2.50. The lowest BCUT2D eigenvalue weighted by molar-refractivity contribution is 0.263. The molecule has 0 aliphatic rings. The molecule has 0 saturated carbocycles. The first-order valence-corrected chi connectivity index (χ1v) is 9.85. The van der Waals surface area contributed by atoms with Gasteiger partial charge in [0, 0.05) is 6.21 Å². The van der Waals surface area contributed by atoms with Crippen LogP contribution in [0.4, 0.5) is 0 Å². The molecule has 0 heterocycles. The van der Waals surface area contributed by atoms with Crippen LogP contribution in [0.3, 0.4) is 0 Å². The third kappa shape index (κ3) is 5.29. The van der Waals surface area contributed by atoms with E-state index in [1.54, 1.807) is 0 Å². The lowest BCUT2D eigenvalue weighted by Crippen LogP contribution is -2.43. The maximum absolute atomic E-state index is 6.23. The van der Waals surface area contributed by atoms with Gasteiger partial charge in [0.1, 0.15) is 0 Å². The summed E-state index contributed by atoms with van der Waals surface area (Å²) in [7, 11) is -1.69. The fraction of sp³-hybridized carbons (Fsp3) is 0.562. The van der Waals surface area contributed by atoms with Crippen LogP contribution >= 0.6 is 0 Å². The van der Waals surface area contributed by atoms with Crippen LogP contribution in [-0.4, -0.2) is 20.6 Å². The Morgan fingerprint density at radius 2 is 1.79 bits per heavy atom. The summed E-state index contributed by atoms with van der Waals surface area (Å²) in [6.45, 7) is 14.1. The molecule has 0 amide bonds. The van der Waals surface area contributed by atoms with E-state index in [-0.39, 0.29) is 11.1 Å². The van der Waals surface area contributed by atoms with E-state index in [9.17, 15) is 0 Å². The van der Waals surface area contributed by atoms with Crippen molar-refractivity contribution >= 4 is 14.5 Å². The van der Waals surface area contributed by atoms with Crippen molar-refractivity contribution in [3.63, 3.8) is 0 Å². The van der Waals surface area contributed by atoms with Gasteiger partial charge in [-0.1, -0.05) is 51.1 Å². The Morgan fingerprint density at radius 1 is 1.21 bits per heavy atom. The number of nitrogens with zero attached hydrogens (tertiary/aromatic N) is 1. The van der Waals surface area contributed by atoms with Crippen molar-refractivity contribution in [3.05, 3.63) is 35.9 Å². The molecule has 0 N–H and O–H groups in total. The molecule has 1 aromatic rings. The van der Waals surface area contributed by atoms with Crippen LogP contribution in [0.15, 0.2) is 35.3 Å². The predicted molar refractivity (Wildman–Crippen MR) is 86.4 cm³/mol. The molecule has 0 fully saturated rings. The molecule has 0 unspecified atom stereocenters. The first-order valence-electron chi connectivity index (χ1n) is 6.94. The van der Waals surface area contributed by atoms with Crippen LogP contribution in [0, 0.1) is 0 Å². The minimum absolute atomic E-state index is 0.0876. The van der Waals surface area contributed by atoms with Gasteiger partial charge in [0.05, 0.1) is 12.6 Å². The van der Waals surface area contributed by atoms with Gasteiger partial charge < -0.3 is 4.43 Å². The average Bonchev–Trinajstić information content (AvgIpc) is 2.28. The summed E-state index contributed by atoms with van der Waals surface area (Å²) in [5.74, 6) is 0. The molecule has 0 aliphatic heterocycles. The zero-order chi connectivity index (χ0) is 14.5. The van der Waals surface area contributed by atoms with E-state index >= 15 is 0 Å². The van der Waals surface area contributed by atoms with Gasteiger partial charge >= 0.3 is 0 Å². The fourth-order valence-electron chi connectivity index (χ4n) is 1.56. The SMILES string of the molecule is C[C@@H](C=NCc1ccccc1)O[Si](C)(C)C(C)(C)C. The molecule has 3 heteroatoms. The Labute approximate surface area is 119 Å². The molecule has 1 rings (SSSR count). The summed E-state index contributed by atoms with van der Waals surface area (Å²) in [6, 6.07) is 10.3. The maximum Gasteiger partial charge on any atom is 0.192 e. The second-order valence-electron chi connectivity index (χ2n) is 6.56. The molecule has 1 atom stereocenters. The third-order valence-electron chi connectivity index (χ3n) is 3.72. The van der Waals surface area contributed by atoms with Crippen LogP contribution in [0.2, 0.25) is 18.1 Å². The largest absolute Gasteiger partial charge is 0.409 e. The van der Waals surface area contributed by atoms with Gasteiger partial charge in [-0.2, -0.15) is 0 Å².